The van der Waals surface area contributed by atoms with Gasteiger partial charge in [-0.15, -0.1) is 0 Å². The first-order valence-electron chi connectivity index (χ1n) is 6.53. The second-order valence-electron chi connectivity index (χ2n) is 4.83. The number of rotatable bonds is 5. The van der Waals surface area contributed by atoms with E-state index in [2.05, 4.69) is 35.2 Å². The number of carbonyl (C=O) groups excluding carboxylic acids is 1. The molecule has 4 heteroatoms. The molecule has 0 aliphatic rings. The van der Waals surface area contributed by atoms with Gasteiger partial charge in [0.2, 0.25) is 0 Å². The van der Waals surface area contributed by atoms with Gasteiger partial charge in [0.05, 0.1) is 0 Å². The van der Waals surface area contributed by atoms with Crippen molar-refractivity contribution in [2.75, 3.05) is 19.0 Å². The van der Waals surface area contributed by atoms with Crippen LogP contribution in [0.15, 0.2) is 48.5 Å². The van der Waals surface area contributed by atoms with Crippen molar-refractivity contribution in [3.8, 4) is 6.07 Å². The van der Waals surface area contributed by atoms with Gasteiger partial charge in [-0.1, -0.05) is 0 Å². The molecule has 106 valence electrons. The summed E-state index contributed by atoms with van der Waals surface area (Å²) in [6.45, 7) is 0. The molecule has 0 saturated carbocycles. The van der Waals surface area contributed by atoms with Gasteiger partial charge in [0.15, 0.2) is 0 Å². The molecular formula is C17H16N2OSe. The minimum absolute atomic E-state index is 0.117. The second-order valence-corrected chi connectivity index (χ2v) is 6.82. The van der Waals surface area contributed by atoms with Crippen LogP contribution >= 0.6 is 0 Å². The van der Waals surface area contributed by atoms with Crippen LogP contribution in [0, 0.1) is 11.3 Å². The van der Waals surface area contributed by atoms with Crippen LogP contribution in [-0.4, -0.2) is 33.7 Å². The molecule has 0 bridgehead atoms. The van der Waals surface area contributed by atoms with Crippen molar-refractivity contribution in [2.24, 2.45) is 0 Å². The van der Waals surface area contributed by atoms with Crippen molar-refractivity contribution in [1.82, 2.24) is 0 Å². The van der Waals surface area contributed by atoms with Crippen LogP contribution < -0.4 is 4.90 Å². The molecule has 0 aliphatic carbocycles. The zero-order valence-electron chi connectivity index (χ0n) is 12.0. The average molecular weight is 343 g/mol. The predicted molar refractivity (Wildman–Crippen MR) is 85.7 cm³/mol. The summed E-state index contributed by atoms with van der Waals surface area (Å²) in [5.41, 5.74) is 3.62. The number of nitriles is 1. The van der Waals surface area contributed by atoms with E-state index in [4.69, 9.17) is 5.26 Å². The van der Waals surface area contributed by atoms with E-state index in [1.54, 1.807) is 24.3 Å². The molecule has 0 fully saturated rings. The monoisotopic (exact) mass is 344 g/mol. The van der Waals surface area contributed by atoms with Gasteiger partial charge in [-0.3, -0.25) is 0 Å². The summed E-state index contributed by atoms with van der Waals surface area (Å²) in [6, 6.07) is 17.2. The van der Waals surface area contributed by atoms with Crippen molar-refractivity contribution in [3.63, 3.8) is 0 Å². The third kappa shape index (κ3) is 4.19. The van der Waals surface area contributed by atoms with Crippen molar-refractivity contribution < 1.29 is 4.79 Å². The van der Waals surface area contributed by atoms with Crippen LogP contribution in [-0.2, 0) is 5.32 Å². The average Bonchev–Trinajstić information content (AvgIpc) is 2.53. The summed E-state index contributed by atoms with van der Waals surface area (Å²) in [6.07, 6.45) is 0. The minimum atomic E-state index is -0.117. The molecule has 0 atom stereocenters. The molecule has 3 nitrogen and oxygen atoms in total. The summed E-state index contributed by atoms with van der Waals surface area (Å²) >= 11 is -0.117. The predicted octanol–water partition coefficient (Wildman–Crippen LogP) is 2.67. The first kappa shape index (κ1) is 15.3. The normalized spacial score (nSPS) is 9.95. The van der Waals surface area contributed by atoms with Crippen LogP contribution in [0.3, 0.4) is 0 Å². The molecule has 2 aromatic carbocycles. The van der Waals surface area contributed by atoms with E-state index >= 15 is 0 Å². The van der Waals surface area contributed by atoms with Crippen LogP contribution in [0.2, 0.25) is 0 Å². The molecule has 2 rings (SSSR count). The molecule has 0 aliphatic heterocycles. The molecule has 0 N–H and O–H groups in total. The number of nitrogens with zero attached hydrogens (tertiary/aromatic N) is 2. The fourth-order valence-corrected chi connectivity index (χ4v) is 3.47. The Labute approximate surface area is 131 Å². The zero-order valence-corrected chi connectivity index (χ0v) is 13.7. The fraction of sp³-hybridized carbons (Fsp3) is 0.176. The number of carbonyl (C=O) groups is 1. The van der Waals surface area contributed by atoms with Gasteiger partial charge in [-0.25, -0.2) is 0 Å². The Balaban J connectivity index is 1.95. The van der Waals surface area contributed by atoms with Gasteiger partial charge in [0.1, 0.15) is 0 Å². The Bertz CT molecular complexity index is 655. The molecular weight excluding hydrogens is 327 g/mol. The summed E-state index contributed by atoms with van der Waals surface area (Å²) in [7, 11) is 4.01. The quantitative estimate of drug-likeness (QED) is 0.784. The van der Waals surface area contributed by atoms with E-state index in [0.717, 1.165) is 11.0 Å². The molecule has 0 heterocycles. The molecule has 0 radical (unpaired) electrons. The van der Waals surface area contributed by atoms with Crippen LogP contribution in [0.5, 0.6) is 0 Å². The van der Waals surface area contributed by atoms with Crippen molar-refractivity contribution >= 4 is 25.3 Å². The molecule has 0 amide bonds. The molecule has 0 unspecified atom stereocenters. The van der Waals surface area contributed by atoms with Gasteiger partial charge < -0.3 is 0 Å². The van der Waals surface area contributed by atoms with Crippen molar-refractivity contribution in [1.29, 1.82) is 5.26 Å². The molecule has 0 aromatic heterocycles. The van der Waals surface area contributed by atoms with Crippen molar-refractivity contribution in [3.05, 3.63) is 65.2 Å². The van der Waals surface area contributed by atoms with Gasteiger partial charge in [0, 0.05) is 0 Å². The first-order valence-corrected chi connectivity index (χ1v) is 8.60. The first-order chi connectivity index (χ1) is 10.1. The Kier molecular flexibility index (Phi) is 5.16. The van der Waals surface area contributed by atoms with Gasteiger partial charge in [-0.2, -0.15) is 0 Å². The Morgan fingerprint density at radius 1 is 1.10 bits per heavy atom. The SMILES string of the molecule is CN(C)c1ccc(C[Se]C(=O)c2ccc(C#N)cc2)cc1. The Morgan fingerprint density at radius 2 is 1.71 bits per heavy atom. The molecule has 0 saturated heterocycles. The third-order valence-corrected chi connectivity index (χ3v) is 5.12. The maximum atomic E-state index is 12.1. The zero-order chi connectivity index (χ0) is 15.2. The van der Waals surface area contributed by atoms with E-state index in [1.807, 2.05) is 14.1 Å². The molecule has 0 spiro atoms. The number of benzene rings is 2. The summed E-state index contributed by atoms with van der Waals surface area (Å²) in [5, 5.41) is 9.54. The van der Waals surface area contributed by atoms with E-state index < -0.39 is 0 Å². The molecule has 2 aromatic rings. The van der Waals surface area contributed by atoms with Crippen LogP contribution in [0.4, 0.5) is 5.69 Å². The Morgan fingerprint density at radius 3 is 2.24 bits per heavy atom. The van der Waals surface area contributed by atoms with Gasteiger partial charge >= 0.3 is 131 Å². The van der Waals surface area contributed by atoms with E-state index in [1.165, 1.54) is 5.56 Å². The van der Waals surface area contributed by atoms with Crippen LogP contribution in [0.1, 0.15) is 21.5 Å². The van der Waals surface area contributed by atoms with Crippen molar-refractivity contribution in [2.45, 2.75) is 5.32 Å². The number of hydrogen-bond acceptors (Lipinski definition) is 3. The maximum absolute atomic E-state index is 12.1. The van der Waals surface area contributed by atoms with E-state index in [0.29, 0.717) is 11.1 Å². The summed E-state index contributed by atoms with van der Waals surface area (Å²) in [5.74, 6) is 0. The van der Waals surface area contributed by atoms with Crippen LogP contribution in [0.25, 0.3) is 0 Å². The van der Waals surface area contributed by atoms with Gasteiger partial charge in [0.25, 0.3) is 0 Å². The van der Waals surface area contributed by atoms with Gasteiger partial charge in [-0.05, 0) is 0 Å². The topological polar surface area (TPSA) is 44.1 Å². The summed E-state index contributed by atoms with van der Waals surface area (Å²) < 4.78 is 0.170. The number of anilines is 1. The molecule has 21 heavy (non-hydrogen) atoms. The van der Waals surface area contributed by atoms with E-state index in [-0.39, 0.29) is 19.6 Å². The summed E-state index contributed by atoms with van der Waals surface area (Å²) in [4.78, 5) is 14.2. The van der Waals surface area contributed by atoms with E-state index in [9.17, 15) is 4.79 Å². The third-order valence-electron chi connectivity index (χ3n) is 3.07. The second kappa shape index (κ2) is 7.08. The fourth-order valence-electron chi connectivity index (χ4n) is 1.80. The number of hydrogen-bond donors (Lipinski definition) is 0. The Hall–Kier alpha value is -2.08. The standard InChI is InChI=1S/C17H16N2OSe/c1-19(2)16-9-5-14(6-10-16)12-21-17(20)15-7-3-13(11-18)4-8-15/h3-10H,12H2,1-2H3.